The first kappa shape index (κ1) is 34.6. The van der Waals surface area contributed by atoms with Gasteiger partial charge in [0.2, 0.25) is 17.7 Å². The molecule has 0 aliphatic carbocycles. The van der Waals surface area contributed by atoms with Crippen molar-refractivity contribution in [1.29, 1.82) is 0 Å². The number of ether oxygens (including phenoxy) is 1. The summed E-state index contributed by atoms with van der Waals surface area (Å²) < 4.78 is 10.9. The molecule has 47 heavy (non-hydrogen) atoms. The Labute approximate surface area is 272 Å². The molecular formula is C33H40N6O8. The number of nitrogens with one attached hydrogen (secondary N) is 4. The van der Waals surface area contributed by atoms with Crippen LogP contribution in [-0.4, -0.2) is 89.1 Å². The average Bonchev–Trinajstić information content (AvgIpc) is 3.52. The molecule has 4 atom stereocenters. The van der Waals surface area contributed by atoms with E-state index >= 15 is 0 Å². The Hall–Kier alpha value is -5.24. The minimum absolute atomic E-state index is 0.0275. The highest BCUT2D eigenvalue weighted by molar-refractivity contribution is 5.98. The zero-order valence-electron chi connectivity index (χ0n) is 26.9. The number of benzene rings is 2. The Morgan fingerprint density at radius 3 is 2.40 bits per heavy atom. The van der Waals surface area contributed by atoms with E-state index in [2.05, 4.69) is 26.4 Å². The molecule has 1 aliphatic rings. The molecule has 0 spiro atoms. The van der Waals surface area contributed by atoms with Crippen molar-refractivity contribution >= 4 is 29.5 Å². The fraction of sp³-hybridized carbons (Fsp3) is 0.394. The number of rotatable bonds is 5. The van der Waals surface area contributed by atoms with Crippen LogP contribution >= 0.6 is 0 Å². The number of para-hydroxylation sites is 1. The number of methoxy groups -OCH3 is 1. The molecule has 5 amide bonds. The van der Waals surface area contributed by atoms with E-state index in [0.717, 1.165) is 11.1 Å². The summed E-state index contributed by atoms with van der Waals surface area (Å²) in [7, 11) is 1.57. The quantitative estimate of drug-likeness (QED) is 0.271. The lowest BCUT2D eigenvalue weighted by Gasteiger charge is -2.26. The number of hydrogen-bond acceptors (Lipinski definition) is 9. The molecule has 1 aromatic heterocycles. The molecule has 0 saturated carbocycles. The summed E-state index contributed by atoms with van der Waals surface area (Å²) in [6.07, 6.45) is -1.33. The molecule has 14 heteroatoms. The van der Waals surface area contributed by atoms with E-state index in [1.807, 2.05) is 30.3 Å². The van der Waals surface area contributed by atoms with E-state index in [-0.39, 0.29) is 42.9 Å². The number of aromatic nitrogens is 1. The van der Waals surface area contributed by atoms with Crippen molar-refractivity contribution in [3.05, 3.63) is 71.6 Å². The fourth-order valence-electron chi connectivity index (χ4n) is 5.05. The second-order valence-electron chi connectivity index (χ2n) is 11.6. The van der Waals surface area contributed by atoms with Gasteiger partial charge in [-0.15, -0.1) is 0 Å². The minimum Gasteiger partial charge on any atom is -0.496 e. The maximum absolute atomic E-state index is 13.9. The molecule has 250 valence electrons. The Kier molecular flexibility index (Phi) is 11.3. The van der Waals surface area contributed by atoms with Crippen LogP contribution in [0.1, 0.15) is 54.3 Å². The predicted molar refractivity (Wildman–Crippen MR) is 170 cm³/mol. The first-order valence-electron chi connectivity index (χ1n) is 15.2. The number of carbonyl (C=O) groups is 5. The van der Waals surface area contributed by atoms with Crippen molar-refractivity contribution in [2.45, 2.75) is 58.5 Å². The molecule has 3 aromatic rings. The van der Waals surface area contributed by atoms with Gasteiger partial charge in [-0.1, -0.05) is 49.3 Å². The van der Waals surface area contributed by atoms with Gasteiger partial charge in [0.1, 0.15) is 23.9 Å². The SMILES string of the molecule is COc1ccccc1-c1cccc(C(=O)N2CCNC(=O)[C@H](C(C)C)NC(=O)[C@H](C)NC(=O)[C@H]([C@@H](C)O)NC(=O)c3cc(on3)C2)c1. The van der Waals surface area contributed by atoms with E-state index in [1.54, 1.807) is 39.2 Å². The van der Waals surface area contributed by atoms with Crippen molar-refractivity contribution in [2.75, 3.05) is 20.2 Å². The van der Waals surface area contributed by atoms with E-state index in [4.69, 9.17) is 9.26 Å². The molecule has 0 fully saturated rings. The van der Waals surface area contributed by atoms with Gasteiger partial charge in [0.25, 0.3) is 11.8 Å². The Morgan fingerprint density at radius 2 is 1.70 bits per heavy atom. The van der Waals surface area contributed by atoms with E-state index < -0.39 is 47.9 Å². The van der Waals surface area contributed by atoms with Gasteiger partial charge in [-0.3, -0.25) is 24.0 Å². The molecule has 0 radical (unpaired) electrons. The van der Waals surface area contributed by atoms with E-state index in [1.165, 1.54) is 24.8 Å². The van der Waals surface area contributed by atoms with Crippen molar-refractivity contribution in [3.63, 3.8) is 0 Å². The highest BCUT2D eigenvalue weighted by Gasteiger charge is 2.32. The highest BCUT2D eigenvalue weighted by atomic mass is 16.5. The second-order valence-corrected chi connectivity index (χ2v) is 11.6. The number of fused-ring (bicyclic) bond motifs is 2. The van der Waals surface area contributed by atoms with Crippen LogP contribution in [0.3, 0.4) is 0 Å². The summed E-state index contributed by atoms with van der Waals surface area (Å²) in [5, 5.41) is 24.4. The molecule has 2 heterocycles. The van der Waals surface area contributed by atoms with Gasteiger partial charge in [-0.2, -0.15) is 0 Å². The number of aliphatic hydroxyl groups excluding tert-OH is 1. The van der Waals surface area contributed by atoms with Gasteiger partial charge >= 0.3 is 0 Å². The monoisotopic (exact) mass is 648 g/mol. The highest BCUT2D eigenvalue weighted by Crippen LogP contribution is 2.30. The van der Waals surface area contributed by atoms with Crippen LogP contribution in [0.4, 0.5) is 0 Å². The second kappa shape index (κ2) is 15.4. The summed E-state index contributed by atoms with van der Waals surface area (Å²) in [6, 6.07) is 12.3. The van der Waals surface area contributed by atoms with Crippen LogP contribution in [0.2, 0.25) is 0 Å². The predicted octanol–water partition coefficient (Wildman–Crippen LogP) is 1.25. The molecule has 5 N–H and O–H groups in total. The lowest BCUT2D eigenvalue weighted by atomic mass is 10.0. The number of amides is 5. The fourth-order valence-corrected chi connectivity index (χ4v) is 5.05. The molecule has 0 saturated heterocycles. The van der Waals surface area contributed by atoms with Gasteiger partial charge in [-0.05, 0) is 43.5 Å². The van der Waals surface area contributed by atoms with Crippen LogP contribution in [-0.2, 0) is 20.9 Å². The Bertz CT molecular complexity index is 1620. The number of hydrogen-bond donors (Lipinski definition) is 5. The van der Waals surface area contributed by atoms with Gasteiger partial charge in [-0.25, -0.2) is 0 Å². The first-order valence-corrected chi connectivity index (χ1v) is 15.2. The summed E-state index contributed by atoms with van der Waals surface area (Å²) >= 11 is 0. The van der Waals surface area contributed by atoms with E-state index in [9.17, 15) is 29.1 Å². The van der Waals surface area contributed by atoms with Crippen LogP contribution < -0.4 is 26.0 Å². The lowest BCUT2D eigenvalue weighted by molar-refractivity contribution is -0.133. The average molecular weight is 649 g/mol. The molecule has 1 aliphatic heterocycles. The maximum atomic E-state index is 13.9. The normalized spacial score (nSPS) is 20.7. The van der Waals surface area contributed by atoms with Crippen LogP contribution in [0.15, 0.2) is 59.1 Å². The summed E-state index contributed by atoms with van der Waals surface area (Å²) in [5.41, 5.74) is 1.71. The lowest BCUT2D eigenvalue weighted by Crippen LogP contribution is -2.58. The number of carbonyl (C=O) groups excluding carboxylic acids is 5. The van der Waals surface area contributed by atoms with Crippen molar-refractivity contribution < 1.29 is 38.3 Å². The van der Waals surface area contributed by atoms with Crippen LogP contribution in [0.5, 0.6) is 5.75 Å². The zero-order chi connectivity index (χ0) is 34.2. The topological polar surface area (TPSA) is 192 Å². The van der Waals surface area contributed by atoms with Crippen molar-refractivity contribution in [2.24, 2.45) is 5.92 Å². The standard InChI is InChI=1S/C33H40N6O8/c1-18(2)27-31(43)34-13-14-39(33(45)22-10-8-9-21(15-22)24-11-6-7-12-26(24)46-5)17-23-16-25(38-47-23)30(42)37-28(20(4)40)32(44)35-19(3)29(41)36-27/h6-12,15-16,18-20,27-28,40H,13-14,17H2,1-5H3,(H,34,43)(H,35,44)(H,36,41)(H,37,42)/t19-,20+,27-,28-/m0/s1. The molecule has 4 rings (SSSR count). The van der Waals surface area contributed by atoms with Gasteiger partial charge in [0.15, 0.2) is 11.5 Å². The molecule has 2 aromatic carbocycles. The smallest absolute Gasteiger partial charge is 0.274 e. The zero-order valence-corrected chi connectivity index (χ0v) is 26.9. The van der Waals surface area contributed by atoms with E-state index in [0.29, 0.717) is 11.3 Å². The van der Waals surface area contributed by atoms with Gasteiger partial charge in [0, 0.05) is 30.3 Å². The van der Waals surface area contributed by atoms with Crippen LogP contribution in [0, 0.1) is 5.92 Å². The largest absolute Gasteiger partial charge is 0.496 e. The van der Waals surface area contributed by atoms with Crippen LogP contribution in [0.25, 0.3) is 11.1 Å². The maximum Gasteiger partial charge on any atom is 0.274 e. The summed E-state index contributed by atoms with van der Waals surface area (Å²) in [6.45, 7) is 6.19. The molecule has 2 bridgehead atoms. The van der Waals surface area contributed by atoms with Gasteiger partial charge < -0.3 is 40.5 Å². The summed E-state index contributed by atoms with van der Waals surface area (Å²) in [5.74, 6) is -2.66. The summed E-state index contributed by atoms with van der Waals surface area (Å²) in [4.78, 5) is 67.5. The van der Waals surface area contributed by atoms with Crippen molar-refractivity contribution in [3.8, 4) is 16.9 Å². The molecule has 0 unspecified atom stereocenters. The third-order valence-corrected chi connectivity index (χ3v) is 7.68. The molecule has 14 nitrogen and oxygen atoms in total. The number of nitrogens with zero attached hydrogens (tertiary/aromatic N) is 2. The molecular weight excluding hydrogens is 608 g/mol. The number of aliphatic hydroxyl groups is 1. The Balaban J connectivity index is 1.67. The minimum atomic E-state index is -1.44. The van der Waals surface area contributed by atoms with Gasteiger partial charge in [0.05, 0.1) is 19.8 Å². The third kappa shape index (κ3) is 8.52. The Morgan fingerprint density at radius 1 is 0.957 bits per heavy atom. The first-order chi connectivity index (χ1) is 22.4. The van der Waals surface area contributed by atoms with Crippen molar-refractivity contribution in [1.82, 2.24) is 31.3 Å². The third-order valence-electron chi connectivity index (χ3n) is 7.68.